The lowest BCUT2D eigenvalue weighted by atomic mass is 9.74. The quantitative estimate of drug-likeness (QED) is 0.456. The summed E-state index contributed by atoms with van der Waals surface area (Å²) in [5, 5.41) is 20.9. The third kappa shape index (κ3) is 4.31. The van der Waals surface area contributed by atoms with Gasteiger partial charge in [-0.2, -0.15) is 0 Å². The molecule has 2 fully saturated rings. The van der Waals surface area contributed by atoms with E-state index in [0.717, 1.165) is 55.1 Å². The number of rotatable bonds is 5. The first-order valence-electron chi connectivity index (χ1n) is 12.4. The molecule has 6 heteroatoms. The maximum atomic E-state index is 14.2. The van der Waals surface area contributed by atoms with Crippen LogP contribution >= 0.6 is 0 Å². The number of hydrogen-bond donors (Lipinski definition) is 2. The fourth-order valence-electron chi connectivity index (χ4n) is 6.16. The van der Waals surface area contributed by atoms with Crippen molar-refractivity contribution in [3.05, 3.63) is 59.0 Å². The van der Waals surface area contributed by atoms with Crippen molar-refractivity contribution in [1.82, 2.24) is 4.57 Å². The number of phenolic OH excluding ortho intramolecular Hbond substituents is 1. The summed E-state index contributed by atoms with van der Waals surface area (Å²) in [7, 11) is 0. The molecule has 0 amide bonds. The number of carbonyl (C=O) groups is 1. The number of aromatic nitrogens is 1. The summed E-state index contributed by atoms with van der Waals surface area (Å²) in [4.78, 5) is 11.4. The van der Waals surface area contributed by atoms with Gasteiger partial charge in [-0.3, -0.25) is 4.79 Å². The molecule has 1 saturated heterocycles. The highest BCUT2D eigenvalue weighted by Crippen LogP contribution is 2.47. The smallest absolute Gasteiger partial charge is 0.303 e. The molecule has 1 aliphatic heterocycles. The number of fused-ring (bicyclic) bond motifs is 1. The molecule has 1 aliphatic carbocycles. The Hall–Kier alpha value is -2.86. The molecule has 2 N–H and O–H groups in total. The summed E-state index contributed by atoms with van der Waals surface area (Å²) < 4.78 is 22.1. The van der Waals surface area contributed by atoms with Crippen molar-refractivity contribution in [2.24, 2.45) is 5.92 Å². The average molecular weight is 466 g/mol. The number of carboxylic acid groups (broad SMARTS) is 1. The zero-order chi connectivity index (χ0) is 23.8. The molecule has 5 rings (SSSR count). The zero-order valence-electron chi connectivity index (χ0n) is 19.6. The summed E-state index contributed by atoms with van der Waals surface area (Å²) in [6.45, 7) is 3.18. The second-order valence-electron chi connectivity index (χ2n) is 9.98. The van der Waals surface area contributed by atoms with E-state index in [2.05, 4.69) is 4.57 Å². The summed E-state index contributed by atoms with van der Waals surface area (Å²) in [5.41, 5.74) is 4.96. The zero-order valence-corrected chi connectivity index (χ0v) is 19.6. The molecule has 1 saturated carbocycles. The van der Waals surface area contributed by atoms with E-state index < -0.39 is 5.97 Å². The highest BCUT2D eigenvalue weighted by Gasteiger charge is 2.34. The van der Waals surface area contributed by atoms with Crippen LogP contribution in [0.1, 0.15) is 73.6 Å². The van der Waals surface area contributed by atoms with Gasteiger partial charge in [0.2, 0.25) is 0 Å². The SMILES string of the molecule is Cc1cc(-n2c(C3CCOCC3)c(C3CCCC(CC(=O)O)C3)c3cc(O)ccc32)ccc1F. The van der Waals surface area contributed by atoms with Crippen LogP contribution < -0.4 is 0 Å². The molecular weight excluding hydrogens is 433 g/mol. The Morgan fingerprint density at radius 2 is 1.88 bits per heavy atom. The normalized spacial score (nSPS) is 21.7. The Morgan fingerprint density at radius 1 is 1.09 bits per heavy atom. The molecule has 0 radical (unpaired) electrons. The van der Waals surface area contributed by atoms with E-state index in [9.17, 15) is 19.4 Å². The summed E-state index contributed by atoms with van der Waals surface area (Å²) in [6, 6.07) is 10.8. The van der Waals surface area contributed by atoms with Crippen molar-refractivity contribution in [3.8, 4) is 11.4 Å². The predicted molar refractivity (Wildman–Crippen MR) is 129 cm³/mol. The van der Waals surface area contributed by atoms with Crippen LogP contribution in [0.25, 0.3) is 16.6 Å². The van der Waals surface area contributed by atoms with Gasteiger partial charge in [0.25, 0.3) is 0 Å². The van der Waals surface area contributed by atoms with E-state index in [1.807, 2.05) is 24.3 Å². The number of aromatic hydroxyl groups is 1. The molecule has 1 aromatic heterocycles. The molecule has 2 unspecified atom stereocenters. The molecule has 5 nitrogen and oxygen atoms in total. The van der Waals surface area contributed by atoms with Gasteiger partial charge in [0.15, 0.2) is 0 Å². The van der Waals surface area contributed by atoms with Crippen molar-refractivity contribution in [2.45, 2.75) is 63.7 Å². The van der Waals surface area contributed by atoms with E-state index in [4.69, 9.17) is 4.74 Å². The molecular formula is C28H32FNO4. The van der Waals surface area contributed by atoms with Crippen molar-refractivity contribution < 1.29 is 24.1 Å². The van der Waals surface area contributed by atoms with Gasteiger partial charge in [0.1, 0.15) is 11.6 Å². The highest BCUT2D eigenvalue weighted by molar-refractivity contribution is 5.89. The Kier molecular flexibility index (Phi) is 6.34. The monoisotopic (exact) mass is 465 g/mol. The highest BCUT2D eigenvalue weighted by atomic mass is 19.1. The van der Waals surface area contributed by atoms with Crippen LogP contribution in [-0.2, 0) is 9.53 Å². The van der Waals surface area contributed by atoms with E-state index in [1.54, 1.807) is 13.0 Å². The Morgan fingerprint density at radius 3 is 2.62 bits per heavy atom. The number of carboxylic acids is 1. The van der Waals surface area contributed by atoms with Gasteiger partial charge in [-0.25, -0.2) is 4.39 Å². The number of aliphatic carboxylic acids is 1. The number of benzene rings is 2. The third-order valence-corrected chi connectivity index (χ3v) is 7.69. The summed E-state index contributed by atoms with van der Waals surface area (Å²) in [6.07, 6.45) is 5.78. The topological polar surface area (TPSA) is 71.7 Å². The van der Waals surface area contributed by atoms with E-state index in [0.29, 0.717) is 18.8 Å². The second kappa shape index (κ2) is 9.41. The van der Waals surface area contributed by atoms with Crippen molar-refractivity contribution in [3.63, 3.8) is 0 Å². The predicted octanol–water partition coefficient (Wildman–Crippen LogP) is 6.43. The van der Waals surface area contributed by atoms with Gasteiger partial charge in [0, 0.05) is 42.3 Å². The lowest BCUT2D eigenvalue weighted by Gasteiger charge is -2.32. The minimum Gasteiger partial charge on any atom is -0.508 e. The lowest BCUT2D eigenvalue weighted by Crippen LogP contribution is -2.21. The largest absolute Gasteiger partial charge is 0.508 e. The molecule has 180 valence electrons. The molecule has 3 aromatic rings. The number of aryl methyl sites for hydroxylation is 1. The van der Waals surface area contributed by atoms with E-state index >= 15 is 0 Å². The van der Waals surface area contributed by atoms with Crippen molar-refractivity contribution >= 4 is 16.9 Å². The van der Waals surface area contributed by atoms with Gasteiger partial charge in [-0.1, -0.05) is 6.42 Å². The van der Waals surface area contributed by atoms with Gasteiger partial charge in [-0.15, -0.1) is 0 Å². The number of hydrogen-bond acceptors (Lipinski definition) is 3. The van der Waals surface area contributed by atoms with Gasteiger partial charge < -0.3 is 19.5 Å². The van der Waals surface area contributed by atoms with Gasteiger partial charge in [0.05, 0.1) is 5.52 Å². The van der Waals surface area contributed by atoms with Crippen LogP contribution in [0.15, 0.2) is 36.4 Å². The molecule has 2 heterocycles. The van der Waals surface area contributed by atoms with Crippen LogP contribution in [0.2, 0.25) is 0 Å². The molecule has 0 bridgehead atoms. The van der Waals surface area contributed by atoms with Crippen LogP contribution in [0.3, 0.4) is 0 Å². The fourth-order valence-corrected chi connectivity index (χ4v) is 6.16. The molecule has 34 heavy (non-hydrogen) atoms. The first kappa shape index (κ1) is 22.9. The van der Waals surface area contributed by atoms with Crippen LogP contribution in [0.4, 0.5) is 4.39 Å². The molecule has 2 atom stereocenters. The molecule has 0 spiro atoms. The van der Waals surface area contributed by atoms with E-state index in [-0.39, 0.29) is 35.7 Å². The Balaban J connectivity index is 1.74. The maximum absolute atomic E-state index is 14.2. The number of phenols is 1. The number of ether oxygens (including phenoxy) is 1. The van der Waals surface area contributed by atoms with Crippen molar-refractivity contribution in [1.29, 1.82) is 0 Å². The van der Waals surface area contributed by atoms with Crippen LogP contribution in [-0.4, -0.2) is 34.0 Å². The van der Waals surface area contributed by atoms with Gasteiger partial charge >= 0.3 is 5.97 Å². The number of nitrogens with zero attached hydrogens (tertiary/aromatic N) is 1. The van der Waals surface area contributed by atoms with Crippen molar-refractivity contribution in [2.75, 3.05) is 13.2 Å². The molecule has 2 aromatic carbocycles. The standard InChI is InChI=1S/C28H32FNO4/c1-17-13-21(5-7-24(17)29)30-25-8-6-22(31)16-23(25)27(28(30)19-9-11-34-12-10-19)20-4-2-3-18(14-20)15-26(32)33/h5-8,13,16,18-20,31H,2-4,9-12,14-15H2,1H3,(H,32,33). The fraction of sp³-hybridized carbons (Fsp3) is 0.464. The summed E-state index contributed by atoms with van der Waals surface area (Å²) in [5.74, 6) is -0.0848. The van der Waals surface area contributed by atoms with Crippen LogP contribution in [0, 0.1) is 18.7 Å². The van der Waals surface area contributed by atoms with Gasteiger partial charge in [-0.05, 0) is 98.4 Å². The maximum Gasteiger partial charge on any atom is 0.303 e. The minimum absolute atomic E-state index is 0.155. The Labute approximate surface area is 199 Å². The van der Waals surface area contributed by atoms with E-state index in [1.165, 1.54) is 17.3 Å². The molecule has 2 aliphatic rings. The second-order valence-corrected chi connectivity index (χ2v) is 9.98. The average Bonchev–Trinajstić information content (AvgIpc) is 3.15. The number of halogens is 1. The van der Waals surface area contributed by atoms with Crippen LogP contribution in [0.5, 0.6) is 5.75 Å². The lowest BCUT2D eigenvalue weighted by molar-refractivity contribution is -0.138. The third-order valence-electron chi connectivity index (χ3n) is 7.69. The Bertz CT molecular complexity index is 1210. The first-order chi connectivity index (χ1) is 16.4. The minimum atomic E-state index is -0.739. The first-order valence-corrected chi connectivity index (χ1v) is 12.4. The summed E-state index contributed by atoms with van der Waals surface area (Å²) >= 11 is 0.